The average Bonchev–Trinajstić information content (AvgIpc) is 3.04. The Morgan fingerprint density at radius 3 is 2.52 bits per heavy atom. The first-order valence-corrected chi connectivity index (χ1v) is 9.98. The highest BCUT2D eigenvalue weighted by molar-refractivity contribution is 7.99. The molecule has 0 saturated heterocycles. The van der Waals surface area contributed by atoms with E-state index in [1.54, 1.807) is 0 Å². The maximum Gasteiger partial charge on any atom is 0.234 e. The van der Waals surface area contributed by atoms with Gasteiger partial charge in [-0.3, -0.25) is 9.36 Å². The lowest BCUT2D eigenvalue weighted by atomic mass is 10.1. The van der Waals surface area contributed by atoms with E-state index in [1.807, 2.05) is 43.5 Å². The van der Waals surface area contributed by atoms with E-state index in [0.717, 1.165) is 34.7 Å². The number of nitrogens with one attached hydrogen (secondary N) is 1. The van der Waals surface area contributed by atoms with Crippen LogP contribution in [0.2, 0.25) is 0 Å². The van der Waals surface area contributed by atoms with E-state index in [2.05, 4.69) is 46.7 Å². The summed E-state index contributed by atoms with van der Waals surface area (Å²) >= 11 is 1.39. The van der Waals surface area contributed by atoms with Crippen molar-refractivity contribution in [3.05, 3.63) is 65.0 Å². The van der Waals surface area contributed by atoms with E-state index in [0.29, 0.717) is 5.16 Å². The smallest absolute Gasteiger partial charge is 0.234 e. The van der Waals surface area contributed by atoms with Crippen molar-refractivity contribution in [2.75, 3.05) is 11.1 Å². The molecule has 140 valence electrons. The highest BCUT2D eigenvalue weighted by Crippen LogP contribution is 2.23. The van der Waals surface area contributed by atoms with Gasteiger partial charge in [0.2, 0.25) is 5.91 Å². The molecule has 5 nitrogen and oxygen atoms in total. The number of anilines is 1. The van der Waals surface area contributed by atoms with Crippen molar-refractivity contribution in [3.63, 3.8) is 0 Å². The fourth-order valence-electron chi connectivity index (χ4n) is 2.82. The van der Waals surface area contributed by atoms with E-state index < -0.39 is 0 Å². The number of amides is 1. The van der Waals surface area contributed by atoms with E-state index >= 15 is 0 Å². The van der Waals surface area contributed by atoms with Crippen LogP contribution in [0.25, 0.3) is 5.69 Å². The van der Waals surface area contributed by atoms with Gasteiger partial charge in [-0.25, -0.2) is 0 Å². The minimum Gasteiger partial charge on any atom is -0.325 e. The lowest BCUT2D eigenvalue weighted by molar-refractivity contribution is -0.113. The molecule has 2 aromatic carbocycles. The van der Waals surface area contributed by atoms with Crippen molar-refractivity contribution < 1.29 is 4.79 Å². The van der Waals surface area contributed by atoms with Gasteiger partial charge < -0.3 is 5.32 Å². The van der Waals surface area contributed by atoms with Gasteiger partial charge in [-0.05, 0) is 62.1 Å². The summed E-state index contributed by atoms with van der Waals surface area (Å²) in [4.78, 5) is 12.4. The van der Waals surface area contributed by atoms with E-state index in [4.69, 9.17) is 0 Å². The number of rotatable bonds is 6. The molecule has 1 aromatic heterocycles. The van der Waals surface area contributed by atoms with Gasteiger partial charge in [0.1, 0.15) is 5.82 Å². The molecule has 0 aliphatic carbocycles. The summed E-state index contributed by atoms with van der Waals surface area (Å²) in [5.41, 5.74) is 5.39. The van der Waals surface area contributed by atoms with Gasteiger partial charge in [0.15, 0.2) is 5.16 Å². The molecule has 0 spiro atoms. The molecular formula is C21H24N4OS. The largest absolute Gasteiger partial charge is 0.325 e. The molecule has 0 saturated carbocycles. The molecular weight excluding hydrogens is 356 g/mol. The van der Waals surface area contributed by atoms with Crippen molar-refractivity contribution in [2.24, 2.45) is 0 Å². The van der Waals surface area contributed by atoms with Gasteiger partial charge in [-0.2, -0.15) is 0 Å². The first kappa shape index (κ1) is 19.2. The maximum absolute atomic E-state index is 12.4. The molecule has 0 radical (unpaired) electrons. The van der Waals surface area contributed by atoms with Crippen LogP contribution in [0.3, 0.4) is 0 Å². The molecule has 0 fully saturated rings. The Hall–Kier alpha value is -2.60. The number of carbonyl (C=O) groups excluding carboxylic acids is 1. The minimum absolute atomic E-state index is 0.0535. The molecule has 27 heavy (non-hydrogen) atoms. The number of hydrogen-bond acceptors (Lipinski definition) is 4. The number of benzene rings is 2. The van der Waals surface area contributed by atoms with Crippen molar-refractivity contribution in [1.82, 2.24) is 14.8 Å². The molecule has 1 heterocycles. The maximum atomic E-state index is 12.4. The molecule has 0 unspecified atom stereocenters. The van der Waals surface area contributed by atoms with Crippen molar-refractivity contribution in [2.45, 2.75) is 39.3 Å². The van der Waals surface area contributed by atoms with E-state index in [1.165, 1.54) is 17.3 Å². The van der Waals surface area contributed by atoms with Gasteiger partial charge in [-0.1, -0.05) is 43.0 Å². The zero-order valence-corrected chi connectivity index (χ0v) is 16.9. The van der Waals surface area contributed by atoms with Gasteiger partial charge in [0.25, 0.3) is 0 Å². The highest BCUT2D eigenvalue weighted by Gasteiger charge is 2.14. The van der Waals surface area contributed by atoms with Crippen LogP contribution in [0, 0.1) is 20.8 Å². The Balaban J connectivity index is 1.71. The molecule has 0 atom stereocenters. The number of thioether (sulfide) groups is 1. The lowest BCUT2D eigenvalue weighted by Crippen LogP contribution is -2.15. The van der Waals surface area contributed by atoms with Crippen LogP contribution in [-0.2, 0) is 11.2 Å². The average molecular weight is 381 g/mol. The first-order valence-electron chi connectivity index (χ1n) is 8.99. The van der Waals surface area contributed by atoms with Crippen LogP contribution in [0.4, 0.5) is 5.69 Å². The molecule has 0 bridgehead atoms. The Bertz CT molecular complexity index is 947. The molecule has 3 rings (SSSR count). The van der Waals surface area contributed by atoms with Crippen molar-refractivity contribution in [3.8, 4) is 5.69 Å². The Kier molecular flexibility index (Phi) is 5.96. The third kappa shape index (κ3) is 4.39. The SMILES string of the molecule is CCc1ccc(-n2c(C)nnc2SCC(=O)Nc2cccc(C)c2C)cc1. The molecule has 0 aliphatic rings. The number of nitrogens with zero attached hydrogens (tertiary/aromatic N) is 3. The quantitative estimate of drug-likeness (QED) is 0.640. The third-order valence-electron chi connectivity index (χ3n) is 4.61. The molecule has 1 N–H and O–H groups in total. The van der Waals surface area contributed by atoms with Crippen LogP contribution in [-0.4, -0.2) is 26.4 Å². The highest BCUT2D eigenvalue weighted by atomic mass is 32.2. The molecule has 0 aliphatic heterocycles. The monoisotopic (exact) mass is 380 g/mol. The summed E-state index contributed by atoms with van der Waals surface area (Å²) in [5, 5.41) is 12.1. The van der Waals surface area contributed by atoms with Crippen LogP contribution in [0.5, 0.6) is 0 Å². The number of hydrogen-bond donors (Lipinski definition) is 1. The van der Waals surface area contributed by atoms with Crippen molar-refractivity contribution in [1.29, 1.82) is 0 Å². The second-order valence-electron chi connectivity index (χ2n) is 6.47. The van der Waals surface area contributed by atoms with E-state index in [9.17, 15) is 4.79 Å². The number of carbonyl (C=O) groups is 1. The zero-order chi connectivity index (χ0) is 19.4. The predicted molar refractivity (Wildman–Crippen MR) is 111 cm³/mol. The second kappa shape index (κ2) is 8.39. The summed E-state index contributed by atoms with van der Waals surface area (Å²) in [6.45, 7) is 8.10. The van der Waals surface area contributed by atoms with Gasteiger partial charge in [0.05, 0.1) is 5.75 Å². The molecule has 6 heteroatoms. The molecule has 1 amide bonds. The van der Waals surface area contributed by atoms with Crippen LogP contribution < -0.4 is 5.32 Å². The summed E-state index contributed by atoms with van der Waals surface area (Å²) in [6, 6.07) is 14.3. The summed E-state index contributed by atoms with van der Waals surface area (Å²) < 4.78 is 1.98. The minimum atomic E-state index is -0.0535. The zero-order valence-electron chi connectivity index (χ0n) is 16.1. The standard InChI is InChI=1S/C21H24N4OS/c1-5-17-9-11-18(12-10-17)25-16(4)23-24-21(25)27-13-20(26)22-19-8-6-7-14(2)15(19)3/h6-12H,5,13H2,1-4H3,(H,22,26). The van der Waals surface area contributed by atoms with Gasteiger partial charge in [0, 0.05) is 11.4 Å². The summed E-state index contributed by atoms with van der Waals surface area (Å²) in [5.74, 6) is 1.03. The topological polar surface area (TPSA) is 59.8 Å². The van der Waals surface area contributed by atoms with Crippen LogP contribution >= 0.6 is 11.8 Å². The summed E-state index contributed by atoms with van der Waals surface area (Å²) in [7, 11) is 0. The Labute approximate surface area is 164 Å². The molecule has 3 aromatic rings. The first-order chi connectivity index (χ1) is 13.0. The van der Waals surface area contributed by atoms with Crippen LogP contribution in [0.15, 0.2) is 47.6 Å². The predicted octanol–water partition coefficient (Wildman–Crippen LogP) is 4.49. The Morgan fingerprint density at radius 2 is 1.81 bits per heavy atom. The third-order valence-corrected chi connectivity index (χ3v) is 5.54. The summed E-state index contributed by atoms with van der Waals surface area (Å²) in [6.07, 6.45) is 1.00. The van der Waals surface area contributed by atoms with Crippen LogP contribution in [0.1, 0.15) is 29.4 Å². The normalized spacial score (nSPS) is 10.8. The Morgan fingerprint density at radius 1 is 1.07 bits per heavy atom. The van der Waals surface area contributed by atoms with E-state index in [-0.39, 0.29) is 11.7 Å². The lowest BCUT2D eigenvalue weighted by Gasteiger charge is -2.11. The number of aromatic nitrogens is 3. The fourth-order valence-corrected chi connectivity index (χ4v) is 3.61. The van der Waals surface area contributed by atoms with Crippen molar-refractivity contribution >= 4 is 23.4 Å². The number of aryl methyl sites for hydroxylation is 3. The second-order valence-corrected chi connectivity index (χ2v) is 7.41. The van der Waals surface area contributed by atoms with Gasteiger partial charge in [-0.15, -0.1) is 10.2 Å². The fraction of sp³-hybridized carbons (Fsp3) is 0.286. The van der Waals surface area contributed by atoms with Gasteiger partial charge >= 0.3 is 0 Å².